The Kier molecular flexibility index (Phi) is 9.63. The lowest BCUT2D eigenvalue weighted by Crippen LogP contribution is -2.13. The third-order valence-electron chi connectivity index (χ3n) is 5.58. The molecule has 0 spiro atoms. The molecule has 6 nitrogen and oxygen atoms in total. The molecule has 1 N–H and O–H groups in total. The van der Waals surface area contributed by atoms with E-state index in [-0.39, 0.29) is 12.2 Å². The van der Waals surface area contributed by atoms with Crippen LogP contribution in [0.3, 0.4) is 0 Å². The van der Waals surface area contributed by atoms with Crippen molar-refractivity contribution in [1.82, 2.24) is 0 Å². The van der Waals surface area contributed by atoms with Gasteiger partial charge in [-0.3, -0.25) is 4.79 Å². The topological polar surface area (TPSA) is 80.6 Å². The maximum Gasteiger partial charge on any atom is 0.266 e. The van der Waals surface area contributed by atoms with Crippen LogP contribution in [0.5, 0.6) is 17.2 Å². The van der Waals surface area contributed by atoms with Crippen molar-refractivity contribution in [3.63, 3.8) is 0 Å². The summed E-state index contributed by atoms with van der Waals surface area (Å²) in [5.74, 6) is 1.17. The number of hydrogen-bond donors (Lipinski definition) is 1. The third-order valence-corrected chi connectivity index (χ3v) is 6.31. The standard InChI is InChI=1S/C31H24BrClN2O4/c1-37-30-14-22(10-12-29(30)39-19-21-6-3-2-4-7-21)20-38-28-13-11-25(32)16-23(28)15-24(18-34)31(36)35-27-9-5-8-26(33)17-27/h2-17H,19-20H2,1H3,(H,35,36)/b24-15-. The Hall–Kier alpha value is -4.25. The van der Waals surface area contributed by atoms with Gasteiger partial charge in [0.25, 0.3) is 5.91 Å². The summed E-state index contributed by atoms with van der Waals surface area (Å²) in [4.78, 5) is 12.8. The van der Waals surface area contributed by atoms with Crippen LogP contribution in [-0.4, -0.2) is 13.0 Å². The number of methoxy groups -OCH3 is 1. The Morgan fingerprint density at radius 1 is 0.897 bits per heavy atom. The number of anilines is 1. The van der Waals surface area contributed by atoms with E-state index in [1.165, 1.54) is 6.08 Å². The van der Waals surface area contributed by atoms with Gasteiger partial charge >= 0.3 is 0 Å². The van der Waals surface area contributed by atoms with E-state index in [9.17, 15) is 10.1 Å². The first-order valence-electron chi connectivity index (χ1n) is 11.9. The molecule has 39 heavy (non-hydrogen) atoms. The number of carbonyl (C=O) groups excluding carboxylic acids is 1. The van der Waals surface area contributed by atoms with Gasteiger partial charge in [-0.25, -0.2) is 0 Å². The van der Waals surface area contributed by atoms with Crippen LogP contribution in [-0.2, 0) is 18.0 Å². The van der Waals surface area contributed by atoms with Crippen molar-refractivity contribution in [3.8, 4) is 23.3 Å². The highest BCUT2D eigenvalue weighted by Crippen LogP contribution is 2.31. The smallest absolute Gasteiger partial charge is 0.266 e. The van der Waals surface area contributed by atoms with Crippen molar-refractivity contribution in [2.24, 2.45) is 0 Å². The zero-order chi connectivity index (χ0) is 27.6. The van der Waals surface area contributed by atoms with Crippen LogP contribution >= 0.6 is 27.5 Å². The summed E-state index contributed by atoms with van der Waals surface area (Å²) in [6.07, 6.45) is 1.49. The van der Waals surface area contributed by atoms with Crippen molar-refractivity contribution in [1.29, 1.82) is 5.26 Å². The van der Waals surface area contributed by atoms with Gasteiger partial charge in [0.1, 0.15) is 30.6 Å². The molecule has 0 aliphatic carbocycles. The average molecular weight is 604 g/mol. The summed E-state index contributed by atoms with van der Waals surface area (Å²) in [5, 5.41) is 12.8. The molecule has 4 aromatic carbocycles. The lowest BCUT2D eigenvalue weighted by Gasteiger charge is -2.14. The fourth-order valence-electron chi connectivity index (χ4n) is 3.65. The highest BCUT2D eigenvalue weighted by molar-refractivity contribution is 9.10. The number of rotatable bonds is 10. The molecule has 0 aliphatic rings. The second-order valence-electron chi connectivity index (χ2n) is 8.36. The maximum absolute atomic E-state index is 12.8. The highest BCUT2D eigenvalue weighted by atomic mass is 79.9. The Balaban J connectivity index is 1.48. The number of benzene rings is 4. The minimum Gasteiger partial charge on any atom is -0.493 e. The summed E-state index contributed by atoms with van der Waals surface area (Å²) in [7, 11) is 1.59. The van der Waals surface area contributed by atoms with E-state index < -0.39 is 5.91 Å². The lowest BCUT2D eigenvalue weighted by molar-refractivity contribution is -0.112. The Morgan fingerprint density at radius 3 is 2.38 bits per heavy atom. The first kappa shape index (κ1) is 27.8. The van der Waals surface area contributed by atoms with Gasteiger partial charge in [0.2, 0.25) is 0 Å². The van der Waals surface area contributed by atoms with E-state index in [2.05, 4.69) is 21.2 Å². The molecule has 1 amide bonds. The van der Waals surface area contributed by atoms with E-state index in [4.69, 9.17) is 25.8 Å². The van der Waals surface area contributed by atoms with Crippen molar-refractivity contribution in [2.45, 2.75) is 13.2 Å². The van der Waals surface area contributed by atoms with Gasteiger partial charge in [-0.05, 0) is 65.7 Å². The Labute approximate surface area is 240 Å². The monoisotopic (exact) mass is 602 g/mol. The van der Waals surface area contributed by atoms with Gasteiger partial charge in [-0.2, -0.15) is 5.26 Å². The van der Waals surface area contributed by atoms with Crippen molar-refractivity contribution in [3.05, 3.63) is 123 Å². The molecule has 0 saturated heterocycles. The van der Waals surface area contributed by atoms with Crippen LogP contribution in [0.1, 0.15) is 16.7 Å². The normalized spacial score (nSPS) is 10.9. The molecule has 0 heterocycles. The van der Waals surface area contributed by atoms with Gasteiger partial charge < -0.3 is 19.5 Å². The van der Waals surface area contributed by atoms with Crippen molar-refractivity contribution in [2.75, 3.05) is 12.4 Å². The molecule has 0 saturated carbocycles. The number of nitrogens with one attached hydrogen (secondary N) is 1. The molecule has 0 aliphatic heterocycles. The summed E-state index contributed by atoms with van der Waals surface area (Å²) in [5.41, 5.74) is 2.89. The number of carbonyl (C=O) groups is 1. The molecule has 4 rings (SSSR count). The summed E-state index contributed by atoms with van der Waals surface area (Å²) in [6.45, 7) is 0.655. The van der Waals surface area contributed by atoms with E-state index in [1.54, 1.807) is 43.5 Å². The maximum atomic E-state index is 12.8. The molecular formula is C31H24BrClN2O4. The summed E-state index contributed by atoms with van der Waals surface area (Å²) in [6, 6.07) is 29.5. The van der Waals surface area contributed by atoms with Crippen molar-refractivity contribution >= 4 is 45.2 Å². The molecule has 4 aromatic rings. The molecule has 196 valence electrons. The first-order chi connectivity index (χ1) is 18.9. The van der Waals surface area contributed by atoms with E-state index in [0.717, 1.165) is 15.6 Å². The minimum absolute atomic E-state index is 0.0838. The number of amides is 1. The van der Waals surface area contributed by atoms with E-state index >= 15 is 0 Å². The molecule has 0 unspecified atom stereocenters. The van der Waals surface area contributed by atoms with Crippen LogP contribution in [0.15, 0.2) is 101 Å². The van der Waals surface area contributed by atoms with E-state index in [1.807, 2.05) is 60.7 Å². The predicted molar refractivity (Wildman–Crippen MR) is 156 cm³/mol. The fraction of sp³-hybridized carbons (Fsp3) is 0.0968. The van der Waals surface area contributed by atoms with Gasteiger partial charge in [0.15, 0.2) is 11.5 Å². The largest absolute Gasteiger partial charge is 0.493 e. The second kappa shape index (κ2) is 13.5. The average Bonchev–Trinajstić information content (AvgIpc) is 2.95. The lowest BCUT2D eigenvalue weighted by atomic mass is 10.1. The van der Waals surface area contributed by atoms with Gasteiger partial charge in [0.05, 0.1) is 7.11 Å². The Bertz CT molecular complexity index is 1530. The minimum atomic E-state index is -0.554. The van der Waals surface area contributed by atoms with Gasteiger partial charge in [-0.15, -0.1) is 0 Å². The number of hydrogen-bond acceptors (Lipinski definition) is 5. The zero-order valence-corrected chi connectivity index (χ0v) is 23.3. The number of nitriles is 1. The quantitative estimate of drug-likeness (QED) is 0.148. The summed E-state index contributed by atoms with van der Waals surface area (Å²) < 4.78 is 18.3. The van der Waals surface area contributed by atoms with Crippen LogP contribution in [0, 0.1) is 11.3 Å². The van der Waals surface area contributed by atoms with Crippen LogP contribution in [0.25, 0.3) is 6.08 Å². The highest BCUT2D eigenvalue weighted by Gasteiger charge is 2.13. The predicted octanol–water partition coefficient (Wildman–Crippen LogP) is 7.81. The van der Waals surface area contributed by atoms with Gasteiger partial charge in [-0.1, -0.05) is 70.0 Å². The Morgan fingerprint density at radius 2 is 1.64 bits per heavy atom. The van der Waals surface area contributed by atoms with Crippen LogP contribution < -0.4 is 19.5 Å². The number of halogens is 2. The number of ether oxygens (including phenoxy) is 3. The second-order valence-corrected chi connectivity index (χ2v) is 9.72. The molecule has 0 aromatic heterocycles. The SMILES string of the molecule is COc1cc(COc2ccc(Br)cc2/C=C(/C#N)C(=O)Nc2cccc(Cl)c2)ccc1OCc1ccccc1. The van der Waals surface area contributed by atoms with Crippen LogP contribution in [0.2, 0.25) is 5.02 Å². The van der Waals surface area contributed by atoms with E-state index in [0.29, 0.717) is 40.1 Å². The van der Waals surface area contributed by atoms with Crippen molar-refractivity contribution < 1.29 is 19.0 Å². The summed E-state index contributed by atoms with van der Waals surface area (Å²) >= 11 is 9.44. The molecule has 8 heteroatoms. The third kappa shape index (κ3) is 7.87. The molecule has 0 radical (unpaired) electrons. The first-order valence-corrected chi connectivity index (χ1v) is 13.1. The molecule has 0 fully saturated rings. The fourth-order valence-corrected chi connectivity index (χ4v) is 4.22. The molecule has 0 bridgehead atoms. The molecule has 0 atom stereocenters. The number of nitrogens with zero attached hydrogens (tertiary/aromatic N) is 1. The zero-order valence-electron chi connectivity index (χ0n) is 21.0. The molecular weight excluding hydrogens is 580 g/mol. The van der Waals surface area contributed by atoms with Crippen LogP contribution in [0.4, 0.5) is 5.69 Å². The van der Waals surface area contributed by atoms with Gasteiger partial charge in [0, 0.05) is 20.7 Å².